The second-order valence-corrected chi connectivity index (χ2v) is 1.23. The average Bonchev–Trinajstić information content (AvgIpc) is 1.83. The number of hydrogen-bond donors (Lipinski definition) is 2. The summed E-state index contributed by atoms with van der Waals surface area (Å²) in [5, 5.41) is 9.75. The van der Waals surface area contributed by atoms with Crippen LogP contribution >= 0.6 is 0 Å². The minimum Gasteiger partial charge on any atom is -0.480 e. The van der Waals surface area contributed by atoms with Gasteiger partial charge in [0, 0.05) is 0 Å². The molecule has 1 amide bonds. The van der Waals surface area contributed by atoms with Crippen LogP contribution in [0.4, 0.5) is 0 Å². The molecule has 5 nitrogen and oxygen atoms in total. The lowest BCUT2D eigenvalue weighted by atomic mass is 10.6. The van der Waals surface area contributed by atoms with Crippen LogP contribution in [-0.2, 0) is 14.4 Å². The summed E-state index contributed by atoms with van der Waals surface area (Å²) in [7, 11) is 0. The zero-order valence-electron chi connectivity index (χ0n) is 4.46. The van der Waals surface area contributed by atoms with E-state index in [4.69, 9.17) is 5.11 Å². The summed E-state index contributed by atoms with van der Waals surface area (Å²) in [5.74, 6) is -2.09. The van der Waals surface area contributed by atoms with Gasteiger partial charge in [-0.25, -0.2) is 0 Å². The Morgan fingerprint density at radius 2 is 2.11 bits per heavy atom. The normalized spacial score (nSPS) is 8.00. The van der Waals surface area contributed by atoms with Gasteiger partial charge in [-0.2, -0.15) is 0 Å². The maximum Gasteiger partial charge on any atom is 0.322 e. The van der Waals surface area contributed by atoms with E-state index in [1.54, 1.807) is 0 Å². The van der Waals surface area contributed by atoms with Crippen LogP contribution in [0.25, 0.3) is 0 Å². The van der Waals surface area contributed by atoms with Crippen LogP contribution in [0.2, 0.25) is 0 Å². The van der Waals surface area contributed by atoms with Gasteiger partial charge in [-0.05, 0) is 0 Å². The summed E-state index contributed by atoms with van der Waals surface area (Å²) in [5.41, 5.74) is 0. The lowest BCUT2D eigenvalue weighted by Gasteiger charge is -1.91. The molecule has 0 radical (unpaired) electrons. The van der Waals surface area contributed by atoms with Crippen molar-refractivity contribution in [2.24, 2.45) is 0 Å². The molecule has 0 spiro atoms. The molecule has 0 aliphatic carbocycles. The molecule has 2 N–H and O–H groups in total. The molecule has 0 saturated heterocycles. The highest BCUT2D eigenvalue weighted by atomic mass is 16.4. The van der Waals surface area contributed by atoms with Crippen molar-refractivity contribution in [3.05, 3.63) is 0 Å². The van der Waals surface area contributed by atoms with E-state index >= 15 is 0 Å². The number of hydrogen-bond acceptors (Lipinski definition) is 3. The summed E-state index contributed by atoms with van der Waals surface area (Å²) in [6.45, 7) is -0.516. The van der Waals surface area contributed by atoms with Crippen LogP contribution in [0.3, 0.4) is 0 Å². The van der Waals surface area contributed by atoms with Crippen LogP contribution in [0.5, 0.6) is 0 Å². The van der Waals surface area contributed by atoms with Gasteiger partial charge in [-0.15, -0.1) is 0 Å². The minimum atomic E-state index is -1.18. The maximum absolute atomic E-state index is 9.97. The Morgan fingerprint density at radius 3 is 2.44 bits per heavy atom. The fourth-order valence-electron chi connectivity index (χ4n) is 0.204. The predicted molar refractivity (Wildman–Crippen MR) is 26.7 cm³/mol. The molecule has 0 aliphatic rings. The Balaban J connectivity index is 3.39. The van der Waals surface area contributed by atoms with E-state index in [-0.39, 0.29) is 6.29 Å². The molecule has 0 bridgehead atoms. The number of carbonyl (C=O) groups is 3. The van der Waals surface area contributed by atoms with Gasteiger partial charge >= 0.3 is 5.97 Å². The number of carboxylic acid groups (broad SMARTS) is 1. The van der Waals surface area contributed by atoms with Gasteiger partial charge in [0.2, 0.25) is 6.29 Å². The van der Waals surface area contributed by atoms with Crippen LogP contribution in [0.15, 0.2) is 0 Å². The Bertz CT molecular complexity index is 142. The highest BCUT2D eigenvalue weighted by Crippen LogP contribution is 1.59. The van der Waals surface area contributed by atoms with E-state index in [1.165, 1.54) is 0 Å². The number of carboxylic acids is 1. The van der Waals surface area contributed by atoms with Crippen molar-refractivity contribution >= 4 is 18.2 Å². The Morgan fingerprint density at radius 1 is 1.56 bits per heavy atom. The monoisotopic (exact) mass is 131 g/mol. The smallest absolute Gasteiger partial charge is 0.322 e. The van der Waals surface area contributed by atoms with Crippen LogP contribution in [0.1, 0.15) is 0 Å². The molecule has 0 aliphatic heterocycles. The molecule has 5 heteroatoms. The zero-order valence-corrected chi connectivity index (χ0v) is 4.46. The van der Waals surface area contributed by atoms with E-state index in [0.29, 0.717) is 0 Å². The van der Waals surface area contributed by atoms with Gasteiger partial charge in [0.25, 0.3) is 5.91 Å². The van der Waals surface area contributed by atoms with Crippen molar-refractivity contribution in [1.82, 2.24) is 5.32 Å². The van der Waals surface area contributed by atoms with Crippen molar-refractivity contribution in [3.63, 3.8) is 0 Å². The summed E-state index contributed by atoms with van der Waals surface area (Å²) in [6.07, 6.45) is 0.0168. The second-order valence-electron chi connectivity index (χ2n) is 1.23. The van der Waals surface area contributed by atoms with Crippen molar-refractivity contribution in [2.45, 2.75) is 0 Å². The highest BCUT2D eigenvalue weighted by Gasteiger charge is 1.99. The number of carbonyl (C=O) groups excluding carboxylic acids is 2. The van der Waals surface area contributed by atoms with Crippen LogP contribution in [-0.4, -0.2) is 29.8 Å². The first-order valence-corrected chi connectivity index (χ1v) is 2.11. The van der Waals surface area contributed by atoms with Crippen LogP contribution < -0.4 is 5.32 Å². The number of nitrogens with one attached hydrogen (secondary N) is 1. The SMILES string of the molecule is O=CC(=O)NCC(=O)O. The fraction of sp³-hybridized carbons (Fsp3) is 0.250. The van der Waals surface area contributed by atoms with Gasteiger partial charge < -0.3 is 10.4 Å². The van der Waals surface area contributed by atoms with Crippen LogP contribution in [0, 0.1) is 0 Å². The number of aldehydes is 1. The lowest BCUT2D eigenvalue weighted by Crippen LogP contribution is -2.29. The zero-order chi connectivity index (χ0) is 7.28. The molecular weight excluding hydrogens is 126 g/mol. The molecule has 9 heavy (non-hydrogen) atoms. The first-order chi connectivity index (χ1) is 4.16. The number of amides is 1. The average molecular weight is 131 g/mol. The van der Waals surface area contributed by atoms with Gasteiger partial charge in [-0.3, -0.25) is 14.4 Å². The van der Waals surface area contributed by atoms with Crippen molar-refractivity contribution < 1.29 is 19.5 Å². The van der Waals surface area contributed by atoms with Gasteiger partial charge in [0.05, 0.1) is 0 Å². The molecule has 0 fully saturated rings. The quantitative estimate of drug-likeness (QED) is 0.356. The third-order valence-electron chi connectivity index (χ3n) is 0.521. The molecule has 0 aromatic heterocycles. The summed E-state index contributed by atoms with van der Waals surface area (Å²) in [6, 6.07) is 0. The Kier molecular flexibility index (Phi) is 3.04. The van der Waals surface area contributed by atoms with Crippen molar-refractivity contribution in [1.29, 1.82) is 0 Å². The van der Waals surface area contributed by atoms with E-state index in [1.807, 2.05) is 5.32 Å². The van der Waals surface area contributed by atoms with Gasteiger partial charge in [-0.1, -0.05) is 0 Å². The predicted octanol–water partition coefficient (Wildman–Crippen LogP) is -1.61. The molecule has 50 valence electrons. The highest BCUT2D eigenvalue weighted by molar-refractivity contribution is 6.23. The lowest BCUT2D eigenvalue weighted by molar-refractivity contribution is -0.138. The van der Waals surface area contributed by atoms with E-state index in [9.17, 15) is 14.4 Å². The third-order valence-corrected chi connectivity index (χ3v) is 0.521. The van der Waals surface area contributed by atoms with Gasteiger partial charge in [0.15, 0.2) is 0 Å². The molecule has 0 saturated carbocycles. The molecule has 0 aromatic carbocycles. The number of rotatable bonds is 3. The minimum absolute atomic E-state index is 0.0168. The molecule has 0 heterocycles. The molecule has 0 unspecified atom stereocenters. The fourth-order valence-corrected chi connectivity index (χ4v) is 0.204. The molecule has 0 atom stereocenters. The molecule has 0 aromatic rings. The topological polar surface area (TPSA) is 83.5 Å². The summed E-state index contributed by atoms with van der Waals surface area (Å²) in [4.78, 5) is 29.2. The Labute approximate surface area is 50.7 Å². The largest absolute Gasteiger partial charge is 0.480 e. The molecule has 0 rings (SSSR count). The van der Waals surface area contributed by atoms with Crippen molar-refractivity contribution in [3.8, 4) is 0 Å². The van der Waals surface area contributed by atoms with Gasteiger partial charge in [0.1, 0.15) is 6.54 Å². The van der Waals surface area contributed by atoms with E-state index in [0.717, 1.165) is 0 Å². The van der Waals surface area contributed by atoms with E-state index in [2.05, 4.69) is 0 Å². The summed E-state index contributed by atoms with van der Waals surface area (Å²) >= 11 is 0. The standard InChI is InChI=1S/C4H5NO4/c6-2-3(7)5-1-4(8)9/h2H,1H2,(H,5,7)(H,8,9). The first kappa shape index (κ1) is 7.61. The maximum atomic E-state index is 9.97. The third kappa shape index (κ3) is 4.46. The second kappa shape index (κ2) is 3.59. The van der Waals surface area contributed by atoms with E-state index < -0.39 is 18.4 Å². The Hall–Kier alpha value is -1.39. The summed E-state index contributed by atoms with van der Waals surface area (Å²) < 4.78 is 0. The van der Waals surface area contributed by atoms with Crippen molar-refractivity contribution in [2.75, 3.05) is 6.54 Å². The molecular formula is C4H5NO4. The number of aliphatic carboxylic acids is 1. The first-order valence-electron chi connectivity index (χ1n) is 2.11.